The number of anilines is 1. The Morgan fingerprint density at radius 1 is 1.19 bits per heavy atom. The van der Waals surface area contributed by atoms with E-state index in [2.05, 4.69) is 5.32 Å². The SMILES string of the molecule is Cc1ccc(C)c(C(=O)[C@H](C)OC(=O)C[C@H]2Sc3ccccc3NC2=O)c1. The maximum absolute atomic E-state index is 12.6. The number of carbonyl (C=O) groups excluding carboxylic acids is 3. The Hall–Kier alpha value is -2.60. The largest absolute Gasteiger partial charge is 0.454 e. The zero-order valence-corrected chi connectivity index (χ0v) is 16.3. The van der Waals surface area contributed by atoms with E-state index in [1.54, 1.807) is 13.0 Å². The molecular formula is C21H21NO4S. The smallest absolute Gasteiger partial charge is 0.308 e. The summed E-state index contributed by atoms with van der Waals surface area (Å²) in [5.41, 5.74) is 3.10. The highest BCUT2D eigenvalue weighted by Gasteiger charge is 2.30. The average molecular weight is 383 g/mol. The third kappa shape index (κ3) is 4.39. The highest BCUT2D eigenvalue weighted by Crippen LogP contribution is 2.36. The highest BCUT2D eigenvalue weighted by molar-refractivity contribution is 8.01. The number of hydrogen-bond acceptors (Lipinski definition) is 5. The summed E-state index contributed by atoms with van der Waals surface area (Å²) in [5, 5.41) is 2.22. The number of Topliss-reactive ketones (excluding diaryl/α,β-unsaturated/α-hetero) is 1. The molecule has 2 aromatic rings. The van der Waals surface area contributed by atoms with Crippen molar-refractivity contribution in [2.24, 2.45) is 0 Å². The molecule has 140 valence electrons. The summed E-state index contributed by atoms with van der Waals surface area (Å²) in [7, 11) is 0. The van der Waals surface area contributed by atoms with Crippen LogP contribution in [0.3, 0.4) is 0 Å². The molecule has 0 radical (unpaired) electrons. The molecule has 0 saturated carbocycles. The number of amides is 1. The lowest BCUT2D eigenvalue weighted by Gasteiger charge is -2.23. The van der Waals surface area contributed by atoms with Crippen LogP contribution in [0.25, 0.3) is 0 Å². The van der Waals surface area contributed by atoms with Gasteiger partial charge in [-0.1, -0.05) is 29.8 Å². The lowest BCUT2D eigenvalue weighted by molar-refractivity contribution is -0.147. The number of fused-ring (bicyclic) bond motifs is 1. The van der Waals surface area contributed by atoms with Crippen LogP contribution in [0.2, 0.25) is 0 Å². The molecule has 0 saturated heterocycles. The first kappa shape index (κ1) is 19.2. The van der Waals surface area contributed by atoms with Crippen molar-refractivity contribution in [3.63, 3.8) is 0 Å². The molecule has 3 rings (SSSR count). The number of aryl methyl sites for hydroxylation is 2. The van der Waals surface area contributed by atoms with Crippen molar-refractivity contribution in [2.75, 3.05) is 5.32 Å². The summed E-state index contributed by atoms with van der Waals surface area (Å²) >= 11 is 1.33. The first-order valence-corrected chi connectivity index (χ1v) is 9.60. The molecule has 1 heterocycles. The number of ether oxygens (including phenoxy) is 1. The number of esters is 1. The van der Waals surface area contributed by atoms with Crippen LogP contribution in [0.15, 0.2) is 47.4 Å². The predicted octanol–water partition coefficient (Wildman–Crippen LogP) is 3.92. The van der Waals surface area contributed by atoms with Gasteiger partial charge in [-0.2, -0.15) is 0 Å². The van der Waals surface area contributed by atoms with Crippen molar-refractivity contribution in [2.45, 2.75) is 43.4 Å². The Morgan fingerprint density at radius 2 is 1.93 bits per heavy atom. The Kier molecular flexibility index (Phi) is 5.65. The van der Waals surface area contributed by atoms with Crippen LogP contribution in [0, 0.1) is 13.8 Å². The number of benzene rings is 2. The van der Waals surface area contributed by atoms with Crippen molar-refractivity contribution in [3.8, 4) is 0 Å². The van der Waals surface area contributed by atoms with Crippen LogP contribution >= 0.6 is 11.8 Å². The molecule has 1 N–H and O–H groups in total. The van der Waals surface area contributed by atoms with E-state index >= 15 is 0 Å². The summed E-state index contributed by atoms with van der Waals surface area (Å²) in [6, 6.07) is 13.0. The Bertz CT molecular complexity index is 909. The third-order valence-electron chi connectivity index (χ3n) is 4.39. The molecule has 0 spiro atoms. The number of nitrogens with one attached hydrogen (secondary N) is 1. The molecule has 0 fully saturated rings. The van der Waals surface area contributed by atoms with E-state index in [0.717, 1.165) is 21.7 Å². The standard InChI is InChI=1S/C21H21NO4S/c1-12-8-9-13(2)15(10-12)20(24)14(3)26-19(23)11-18-21(25)22-16-6-4-5-7-17(16)27-18/h4-10,14,18H,11H2,1-3H3,(H,22,25)/t14-,18+/m0/s1. The summed E-state index contributed by atoms with van der Waals surface area (Å²) in [6.07, 6.45) is -0.989. The number of hydrogen-bond donors (Lipinski definition) is 1. The molecule has 1 aliphatic rings. The first-order chi connectivity index (χ1) is 12.8. The Labute approximate surface area is 162 Å². The van der Waals surface area contributed by atoms with Crippen LogP contribution in [0.5, 0.6) is 0 Å². The topological polar surface area (TPSA) is 72.5 Å². The third-order valence-corrected chi connectivity index (χ3v) is 5.67. The lowest BCUT2D eigenvalue weighted by atomic mass is 9.99. The van der Waals surface area contributed by atoms with Gasteiger partial charge in [0, 0.05) is 10.5 Å². The maximum atomic E-state index is 12.6. The van der Waals surface area contributed by atoms with Gasteiger partial charge in [-0.15, -0.1) is 11.8 Å². The summed E-state index contributed by atoms with van der Waals surface area (Å²) < 4.78 is 5.32. The fourth-order valence-electron chi connectivity index (χ4n) is 2.90. The molecule has 2 aromatic carbocycles. The predicted molar refractivity (Wildman–Crippen MR) is 105 cm³/mol. The van der Waals surface area contributed by atoms with Crippen LogP contribution in [0.4, 0.5) is 5.69 Å². The molecule has 5 nitrogen and oxygen atoms in total. The minimum absolute atomic E-state index is 0.0880. The van der Waals surface area contributed by atoms with E-state index in [1.165, 1.54) is 11.8 Å². The van der Waals surface area contributed by atoms with Gasteiger partial charge in [0.25, 0.3) is 0 Å². The van der Waals surface area contributed by atoms with E-state index < -0.39 is 17.3 Å². The normalized spacial score (nSPS) is 16.9. The molecule has 1 amide bonds. The monoisotopic (exact) mass is 383 g/mol. The summed E-state index contributed by atoms with van der Waals surface area (Å²) in [5.74, 6) is -1.03. The van der Waals surface area contributed by atoms with Crippen LogP contribution in [-0.4, -0.2) is 29.0 Å². The molecule has 6 heteroatoms. The van der Waals surface area contributed by atoms with Gasteiger partial charge in [0.2, 0.25) is 11.7 Å². The lowest BCUT2D eigenvalue weighted by Crippen LogP contribution is -2.33. The van der Waals surface area contributed by atoms with Crippen LogP contribution in [0.1, 0.15) is 34.8 Å². The van der Waals surface area contributed by atoms with Gasteiger partial charge in [-0.3, -0.25) is 14.4 Å². The van der Waals surface area contributed by atoms with E-state index in [4.69, 9.17) is 4.74 Å². The van der Waals surface area contributed by atoms with Gasteiger partial charge in [0.05, 0.1) is 17.4 Å². The average Bonchev–Trinajstić information content (AvgIpc) is 2.63. The number of ketones is 1. The minimum atomic E-state index is -0.901. The van der Waals surface area contributed by atoms with Crippen molar-refractivity contribution in [1.29, 1.82) is 0 Å². The fourth-order valence-corrected chi connectivity index (χ4v) is 3.99. The van der Waals surface area contributed by atoms with Gasteiger partial charge in [0.1, 0.15) is 0 Å². The fraction of sp³-hybridized carbons (Fsp3) is 0.286. The van der Waals surface area contributed by atoms with E-state index in [-0.39, 0.29) is 18.1 Å². The maximum Gasteiger partial charge on any atom is 0.308 e. The van der Waals surface area contributed by atoms with Crippen molar-refractivity contribution in [3.05, 3.63) is 59.2 Å². The quantitative estimate of drug-likeness (QED) is 0.626. The number of rotatable bonds is 5. The molecule has 0 bridgehead atoms. The zero-order chi connectivity index (χ0) is 19.6. The molecule has 0 unspecified atom stereocenters. The summed E-state index contributed by atoms with van der Waals surface area (Å²) in [6.45, 7) is 5.32. The molecule has 27 heavy (non-hydrogen) atoms. The molecule has 2 atom stereocenters. The Balaban J connectivity index is 1.63. The molecular weight excluding hydrogens is 362 g/mol. The van der Waals surface area contributed by atoms with Crippen molar-refractivity contribution >= 4 is 35.1 Å². The molecule has 0 aromatic heterocycles. The molecule has 1 aliphatic heterocycles. The van der Waals surface area contributed by atoms with E-state index in [1.807, 2.05) is 50.2 Å². The van der Waals surface area contributed by atoms with Crippen molar-refractivity contribution < 1.29 is 19.1 Å². The van der Waals surface area contributed by atoms with Gasteiger partial charge in [-0.25, -0.2) is 0 Å². The van der Waals surface area contributed by atoms with Gasteiger partial charge < -0.3 is 10.1 Å². The second-order valence-corrected chi connectivity index (χ2v) is 7.86. The van der Waals surface area contributed by atoms with Crippen molar-refractivity contribution in [1.82, 2.24) is 0 Å². The number of thioether (sulfide) groups is 1. The second-order valence-electron chi connectivity index (χ2n) is 6.61. The number of para-hydroxylation sites is 1. The molecule has 0 aliphatic carbocycles. The van der Waals surface area contributed by atoms with E-state index in [9.17, 15) is 14.4 Å². The van der Waals surface area contributed by atoms with Gasteiger partial charge >= 0.3 is 5.97 Å². The van der Waals surface area contributed by atoms with Gasteiger partial charge in [-0.05, 0) is 44.5 Å². The Morgan fingerprint density at radius 3 is 2.70 bits per heavy atom. The first-order valence-electron chi connectivity index (χ1n) is 8.72. The number of carbonyl (C=O) groups is 3. The zero-order valence-electron chi connectivity index (χ0n) is 15.4. The highest BCUT2D eigenvalue weighted by atomic mass is 32.2. The summed E-state index contributed by atoms with van der Waals surface area (Å²) in [4.78, 5) is 38.0. The van der Waals surface area contributed by atoms with Gasteiger partial charge in [0.15, 0.2) is 6.10 Å². The van der Waals surface area contributed by atoms with Crippen LogP contribution in [-0.2, 0) is 14.3 Å². The second kappa shape index (κ2) is 7.96. The van der Waals surface area contributed by atoms with Crippen LogP contribution < -0.4 is 5.32 Å². The van der Waals surface area contributed by atoms with E-state index in [0.29, 0.717) is 5.56 Å². The minimum Gasteiger partial charge on any atom is -0.454 e.